The summed E-state index contributed by atoms with van der Waals surface area (Å²) in [7, 11) is 1.66. The molecule has 0 saturated carbocycles. The van der Waals surface area contributed by atoms with Crippen molar-refractivity contribution in [2.75, 3.05) is 38.2 Å². The summed E-state index contributed by atoms with van der Waals surface area (Å²) in [5.41, 5.74) is 1.28. The van der Waals surface area contributed by atoms with Gasteiger partial charge in [0, 0.05) is 48.2 Å². The summed E-state index contributed by atoms with van der Waals surface area (Å²) < 4.78 is 44.4. The Balaban J connectivity index is 0.000000599. The Morgan fingerprint density at radius 2 is 1.55 bits per heavy atom. The zero-order chi connectivity index (χ0) is 27.7. The highest BCUT2D eigenvalue weighted by atomic mass is 32.2. The third-order valence-corrected chi connectivity index (χ3v) is 6.84. The van der Waals surface area contributed by atoms with Crippen LogP contribution in [0.15, 0.2) is 82.6 Å². The van der Waals surface area contributed by atoms with Gasteiger partial charge >= 0.3 is 18.1 Å². The number of halogens is 3. The minimum atomic E-state index is -4.32. The summed E-state index contributed by atoms with van der Waals surface area (Å²) in [5.74, 6) is -2.82. The van der Waals surface area contributed by atoms with Crippen molar-refractivity contribution in [3.63, 3.8) is 0 Å². The van der Waals surface area contributed by atoms with E-state index in [-0.39, 0.29) is 0 Å². The van der Waals surface area contributed by atoms with Crippen molar-refractivity contribution in [2.45, 2.75) is 22.5 Å². The van der Waals surface area contributed by atoms with Gasteiger partial charge in [0.15, 0.2) is 0 Å². The molecule has 0 atom stereocenters. The quantitative estimate of drug-likeness (QED) is 0.399. The fraction of sp³-hybridized carbons (Fsp3) is 0.259. The van der Waals surface area contributed by atoms with E-state index in [4.69, 9.17) is 24.5 Å². The lowest BCUT2D eigenvalue weighted by Crippen LogP contribution is -2.46. The van der Waals surface area contributed by atoms with Gasteiger partial charge in [-0.25, -0.2) is 9.59 Å². The van der Waals surface area contributed by atoms with E-state index in [0.717, 1.165) is 36.3 Å². The molecule has 0 aliphatic carbocycles. The van der Waals surface area contributed by atoms with Gasteiger partial charge in [-0.15, -0.1) is 0 Å². The van der Waals surface area contributed by atoms with Crippen molar-refractivity contribution in [3.05, 3.63) is 83.9 Å². The van der Waals surface area contributed by atoms with Crippen molar-refractivity contribution in [1.29, 1.82) is 0 Å². The third kappa shape index (κ3) is 8.42. The van der Waals surface area contributed by atoms with Gasteiger partial charge < -0.3 is 19.8 Å². The second-order valence-electron chi connectivity index (χ2n) is 8.31. The first-order valence-corrected chi connectivity index (χ1v) is 12.4. The maximum Gasteiger partial charge on any atom is 0.416 e. The molecule has 4 rings (SSSR count). The molecule has 0 aromatic heterocycles. The number of methoxy groups -OCH3 is 1. The predicted molar refractivity (Wildman–Crippen MR) is 138 cm³/mol. The fourth-order valence-electron chi connectivity index (χ4n) is 3.81. The van der Waals surface area contributed by atoms with Gasteiger partial charge in [-0.1, -0.05) is 42.1 Å². The molecule has 0 radical (unpaired) electrons. The summed E-state index contributed by atoms with van der Waals surface area (Å²) in [6.45, 7) is 3.81. The lowest BCUT2D eigenvalue weighted by molar-refractivity contribution is -0.159. The molecular weight excluding hydrogens is 521 g/mol. The SMILES string of the molecule is COc1cccc(Sc2ccccc2CN2CCN(c3cccc(C(F)(F)F)c3)CC2)c1.O=C(O)C(=O)O. The van der Waals surface area contributed by atoms with Crippen molar-refractivity contribution < 1.29 is 37.7 Å². The number of carbonyl (C=O) groups is 2. The van der Waals surface area contributed by atoms with Crippen LogP contribution in [-0.2, 0) is 22.3 Å². The van der Waals surface area contributed by atoms with Gasteiger partial charge in [-0.05, 0) is 48.0 Å². The lowest BCUT2D eigenvalue weighted by Gasteiger charge is -2.36. The minimum Gasteiger partial charge on any atom is -0.497 e. The smallest absolute Gasteiger partial charge is 0.416 e. The Morgan fingerprint density at radius 1 is 0.895 bits per heavy atom. The van der Waals surface area contributed by atoms with Crippen LogP contribution in [0.1, 0.15) is 11.1 Å². The van der Waals surface area contributed by atoms with Gasteiger partial charge in [0.05, 0.1) is 12.7 Å². The molecular formula is C27H27F3N2O5S. The van der Waals surface area contributed by atoms with Crippen LogP contribution < -0.4 is 9.64 Å². The first kappa shape index (κ1) is 28.9. The van der Waals surface area contributed by atoms with Crippen LogP contribution in [-0.4, -0.2) is 60.3 Å². The molecule has 3 aromatic rings. The summed E-state index contributed by atoms with van der Waals surface area (Å²) in [4.78, 5) is 24.9. The highest BCUT2D eigenvalue weighted by Crippen LogP contribution is 2.34. The zero-order valence-corrected chi connectivity index (χ0v) is 21.3. The van der Waals surface area contributed by atoms with E-state index in [9.17, 15) is 13.2 Å². The second-order valence-corrected chi connectivity index (χ2v) is 9.43. The molecule has 1 fully saturated rings. The lowest BCUT2D eigenvalue weighted by atomic mass is 10.1. The van der Waals surface area contributed by atoms with Crippen molar-refractivity contribution in [1.82, 2.24) is 4.90 Å². The molecule has 202 valence electrons. The first-order valence-electron chi connectivity index (χ1n) is 11.6. The van der Waals surface area contributed by atoms with Crippen LogP contribution >= 0.6 is 11.8 Å². The number of alkyl halides is 3. The number of aliphatic carboxylic acids is 2. The number of carboxylic acid groups (broad SMARTS) is 2. The Bertz CT molecular complexity index is 1240. The van der Waals surface area contributed by atoms with Gasteiger partial charge in [0.1, 0.15) is 5.75 Å². The molecule has 0 unspecified atom stereocenters. The van der Waals surface area contributed by atoms with Crippen LogP contribution in [0.5, 0.6) is 5.75 Å². The van der Waals surface area contributed by atoms with Crippen LogP contribution in [0, 0.1) is 0 Å². The van der Waals surface area contributed by atoms with Gasteiger partial charge in [-0.3, -0.25) is 4.90 Å². The van der Waals surface area contributed by atoms with E-state index >= 15 is 0 Å². The van der Waals surface area contributed by atoms with E-state index in [1.165, 1.54) is 22.6 Å². The zero-order valence-electron chi connectivity index (χ0n) is 20.5. The normalized spacial score (nSPS) is 13.8. The maximum absolute atomic E-state index is 13.0. The van der Waals surface area contributed by atoms with E-state index in [1.54, 1.807) is 24.9 Å². The number of anilines is 1. The molecule has 0 amide bonds. The van der Waals surface area contributed by atoms with Crippen molar-refractivity contribution >= 4 is 29.4 Å². The third-order valence-electron chi connectivity index (χ3n) is 5.73. The number of nitrogens with zero attached hydrogens (tertiary/aromatic N) is 2. The molecule has 3 aromatic carbocycles. The average Bonchev–Trinajstić information content (AvgIpc) is 2.90. The summed E-state index contributed by atoms with van der Waals surface area (Å²) in [5, 5.41) is 14.8. The summed E-state index contributed by atoms with van der Waals surface area (Å²) in [6, 6.07) is 22.0. The topological polar surface area (TPSA) is 90.3 Å². The summed E-state index contributed by atoms with van der Waals surface area (Å²) in [6.07, 6.45) is -4.32. The number of benzene rings is 3. The number of rotatable bonds is 6. The molecule has 1 aliphatic heterocycles. The van der Waals surface area contributed by atoms with E-state index in [0.29, 0.717) is 18.8 Å². The standard InChI is InChI=1S/C25H25F3N2OS.C2H2O4/c1-31-22-9-5-10-23(17-22)32-24-11-3-2-6-19(24)18-29-12-14-30(15-13-29)21-8-4-7-20(16-21)25(26,27)28;3-1(4)2(5)6/h2-11,16-17H,12-15,18H2,1H3;(H,3,4)(H,5,6). The number of ether oxygens (including phenoxy) is 1. The number of hydrogen-bond donors (Lipinski definition) is 2. The second kappa shape index (κ2) is 13.2. The molecule has 1 saturated heterocycles. The Hall–Kier alpha value is -3.70. The molecule has 0 bridgehead atoms. The highest BCUT2D eigenvalue weighted by molar-refractivity contribution is 7.99. The molecule has 0 spiro atoms. The monoisotopic (exact) mass is 548 g/mol. The Morgan fingerprint density at radius 3 is 2.18 bits per heavy atom. The Labute approximate surface area is 222 Å². The molecule has 11 heteroatoms. The van der Waals surface area contributed by atoms with Crippen LogP contribution in [0.3, 0.4) is 0 Å². The Kier molecular flexibility index (Phi) is 10.0. The largest absolute Gasteiger partial charge is 0.497 e. The van der Waals surface area contributed by atoms with Gasteiger partial charge in [0.25, 0.3) is 0 Å². The fourth-order valence-corrected chi connectivity index (χ4v) is 4.80. The van der Waals surface area contributed by atoms with Crippen molar-refractivity contribution in [3.8, 4) is 5.75 Å². The average molecular weight is 549 g/mol. The maximum atomic E-state index is 13.0. The summed E-state index contributed by atoms with van der Waals surface area (Å²) >= 11 is 1.71. The highest BCUT2D eigenvalue weighted by Gasteiger charge is 2.31. The van der Waals surface area contributed by atoms with E-state index in [1.807, 2.05) is 35.2 Å². The molecule has 2 N–H and O–H groups in total. The molecule has 7 nitrogen and oxygen atoms in total. The van der Waals surface area contributed by atoms with Gasteiger partial charge in [-0.2, -0.15) is 13.2 Å². The van der Waals surface area contributed by atoms with Crippen LogP contribution in [0.2, 0.25) is 0 Å². The van der Waals surface area contributed by atoms with Crippen LogP contribution in [0.4, 0.5) is 18.9 Å². The number of hydrogen-bond acceptors (Lipinski definition) is 6. The molecule has 1 heterocycles. The van der Waals surface area contributed by atoms with E-state index in [2.05, 4.69) is 23.1 Å². The number of carboxylic acids is 2. The minimum absolute atomic E-state index is 0.596. The predicted octanol–water partition coefficient (Wildman–Crippen LogP) is 5.34. The van der Waals surface area contributed by atoms with Gasteiger partial charge in [0.2, 0.25) is 0 Å². The van der Waals surface area contributed by atoms with Crippen molar-refractivity contribution in [2.24, 2.45) is 0 Å². The van der Waals surface area contributed by atoms with Crippen LogP contribution in [0.25, 0.3) is 0 Å². The van der Waals surface area contributed by atoms with E-state index < -0.39 is 23.7 Å². The first-order chi connectivity index (χ1) is 18.1. The number of piperazine rings is 1. The molecule has 38 heavy (non-hydrogen) atoms. The molecule has 1 aliphatic rings.